The number of hydrogen-bond donors (Lipinski definition) is 0. The third-order valence-corrected chi connectivity index (χ3v) is 5.82. The van der Waals surface area contributed by atoms with Crippen molar-refractivity contribution in [3.8, 4) is 0 Å². The fourth-order valence-corrected chi connectivity index (χ4v) is 4.37. The van der Waals surface area contributed by atoms with Crippen molar-refractivity contribution in [1.82, 2.24) is 4.31 Å². The minimum atomic E-state index is -3.81. The van der Waals surface area contributed by atoms with E-state index in [1.165, 1.54) is 23.5 Å². The van der Waals surface area contributed by atoms with Gasteiger partial charge in [-0.25, -0.2) is 12.8 Å². The summed E-state index contributed by atoms with van der Waals surface area (Å²) in [4.78, 5) is 11.6. The number of carbonyl (C=O) groups is 1. The first kappa shape index (κ1) is 15.9. The van der Waals surface area contributed by atoms with Gasteiger partial charge in [0.25, 0.3) is 0 Å². The van der Waals surface area contributed by atoms with Gasteiger partial charge in [0.15, 0.2) is 0 Å². The minimum Gasteiger partial charge on any atom is -0.469 e. The lowest BCUT2D eigenvalue weighted by Gasteiger charge is -2.17. The fourth-order valence-electron chi connectivity index (χ4n) is 2.57. The molecule has 1 aromatic rings. The highest BCUT2D eigenvalue weighted by Gasteiger charge is 2.41. The summed E-state index contributed by atoms with van der Waals surface area (Å²) < 4.78 is 44.5. The molecular weight excluding hydrogens is 297 g/mol. The lowest BCUT2D eigenvalue weighted by Crippen LogP contribution is -2.30. The van der Waals surface area contributed by atoms with Gasteiger partial charge in [-0.3, -0.25) is 4.79 Å². The molecule has 1 aromatic carbocycles. The second-order valence-electron chi connectivity index (χ2n) is 5.34. The highest BCUT2D eigenvalue weighted by molar-refractivity contribution is 7.89. The summed E-state index contributed by atoms with van der Waals surface area (Å²) in [5.41, 5.74) is 0.477. The van der Waals surface area contributed by atoms with Crippen LogP contribution >= 0.6 is 0 Å². The quantitative estimate of drug-likeness (QED) is 0.794. The Hall–Kier alpha value is -1.47. The van der Waals surface area contributed by atoms with E-state index in [0.717, 1.165) is 6.07 Å². The van der Waals surface area contributed by atoms with E-state index in [1.807, 2.05) is 0 Å². The van der Waals surface area contributed by atoms with E-state index in [1.54, 1.807) is 13.8 Å². The van der Waals surface area contributed by atoms with Gasteiger partial charge in [-0.15, -0.1) is 0 Å². The normalized spacial score (nSPS) is 23.2. The Morgan fingerprint density at radius 3 is 2.67 bits per heavy atom. The number of aryl methyl sites for hydroxylation is 1. The molecule has 0 saturated carbocycles. The van der Waals surface area contributed by atoms with Gasteiger partial charge in [0, 0.05) is 13.1 Å². The zero-order valence-corrected chi connectivity index (χ0v) is 13.0. The molecule has 2 rings (SSSR count). The molecule has 7 heteroatoms. The number of sulfonamides is 1. The molecule has 1 fully saturated rings. The zero-order chi connectivity index (χ0) is 15.8. The molecule has 116 valence electrons. The topological polar surface area (TPSA) is 63.7 Å². The molecule has 5 nitrogen and oxygen atoms in total. The zero-order valence-electron chi connectivity index (χ0n) is 12.2. The standard InChI is InChI=1S/C14H18FNO4S/c1-9-4-5-11(15)6-13(9)21(18,19)16-7-10(2)12(8-16)14(17)20-3/h4-6,10,12H,7-8H2,1-3H3. The fraction of sp³-hybridized carbons (Fsp3) is 0.500. The predicted molar refractivity (Wildman–Crippen MR) is 74.6 cm³/mol. The van der Waals surface area contributed by atoms with E-state index < -0.39 is 27.7 Å². The van der Waals surface area contributed by atoms with Crippen LogP contribution in [0.4, 0.5) is 4.39 Å². The Balaban J connectivity index is 2.33. The van der Waals surface area contributed by atoms with Crippen LogP contribution in [0.1, 0.15) is 12.5 Å². The molecule has 0 radical (unpaired) electrons. The van der Waals surface area contributed by atoms with Crippen molar-refractivity contribution in [3.05, 3.63) is 29.6 Å². The summed E-state index contributed by atoms with van der Waals surface area (Å²) in [6.45, 7) is 3.70. The van der Waals surface area contributed by atoms with Crippen LogP contribution in [0.15, 0.2) is 23.1 Å². The highest BCUT2D eigenvalue weighted by atomic mass is 32.2. The Bertz CT molecular complexity index is 659. The second-order valence-corrected chi connectivity index (χ2v) is 7.25. The Labute approximate surface area is 123 Å². The van der Waals surface area contributed by atoms with Gasteiger partial charge in [-0.1, -0.05) is 13.0 Å². The van der Waals surface area contributed by atoms with E-state index >= 15 is 0 Å². The molecule has 1 heterocycles. The van der Waals surface area contributed by atoms with Crippen LogP contribution in [-0.2, 0) is 19.6 Å². The summed E-state index contributed by atoms with van der Waals surface area (Å²) >= 11 is 0. The molecule has 1 saturated heterocycles. The first-order valence-corrected chi connectivity index (χ1v) is 8.05. The van der Waals surface area contributed by atoms with Crippen LogP contribution in [0.25, 0.3) is 0 Å². The molecule has 21 heavy (non-hydrogen) atoms. The summed E-state index contributed by atoms with van der Waals surface area (Å²) in [5.74, 6) is -1.65. The van der Waals surface area contributed by atoms with Gasteiger partial charge in [-0.05, 0) is 30.5 Å². The largest absolute Gasteiger partial charge is 0.469 e. The first-order chi connectivity index (χ1) is 9.77. The number of esters is 1. The van der Waals surface area contributed by atoms with Crippen molar-refractivity contribution in [2.45, 2.75) is 18.7 Å². The van der Waals surface area contributed by atoms with Gasteiger partial charge in [0.05, 0.1) is 17.9 Å². The lowest BCUT2D eigenvalue weighted by molar-refractivity contribution is -0.145. The summed E-state index contributed by atoms with van der Waals surface area (Å²) in [6, 6.07) is 3.67. The number of rotatable bonds is 3. The van der Waals surface area contributed by atoms with Crippen LogP contribution in [0.3, 0.4) is 0 Å². The number of carbonyl (C=O) groups excluding carboxylic acids is 1. The highest BCUT2D eigenvalue weighted by Crippen LogP contribution is 2.30. The second kappa shape index (κ2) is 5.73. The molecule has 0 aliphatic carbocycles. The number of methoxy groups -OCH3 is 1. The van der Waals surface area contributed by atoms with E-state index in [-0.39, 0.29) is 23.9 Å². The molecule has 0 N–H and O–H groups in total. The maximum Gasteiger partial charge on any atom is 0.310 e. The predicted octanol–water partition coefficient (Wildman–Crippen LogP) is 1.56. The van der Waals surface area contributed by atoms with Gasteiger partial charge in [0.1, 0.15) is 5.82 Å². The van der Waals surface area contributed by atoms with E-state index in [9.17, 15) is 17.6 Å². The molecule has 0 amide bonds. The van der Waals surface area contributed by atoms with E-state index in [0.29, 0.717) is 5.56 Å². The van der Waals surface area contributed by atoms with Gasteiger partial charge >= 0.3 is 5.97 Å². The number of halogens is 1. The third kappa shape index (κ3) is 2.94. The van der Waals surface area contributed by atoms with Crippen LogP contribution in [-0.4, -0.2) is 38.9 Å². The molecule has 0 bridgehead atoms. The summed E-state index contributed by atoms with van der Waals surface area (Å²) in [6.07, 6.45) is 0. The van der Waals surface area contributed by atoms with Crippen LogP contribution in [0, 0.1) is 24.6 Å². The van der Waals surface area contributed by atoms with Gasteiger partial charge in [0.2, 0.25) is 10.0 Å². The maximum atomic E-state index is 13.3. The maximum absolute atomic E-state index is 13.3. The molecule has 0 aromatic heterocycles. The lowest BCUT2D eigenvalue weighted by atomic mass is 9.99. The Morgan fingerprint density at radius 1 is 1.38 bits per heavy atom. The third-order valence-electron chi connectivity index (χ3n) is 3.85. The average Bonchev–Trinajstić information content (AvgIpc) is 2.83. The van der Waals surface area contributed by atoms with Crippen molar-refractivity contribution in [2.75, 3.05) is 20.2 Å². The van der Waals surface area contributed by atoms with Crippen molar-refractivity contribution >= 4 is 16.0 Å². The smallest absolute Gasteiger partial charge is 0.310 e. The van der Waals surface area contributed by atoms with Crippen LogP contribution in [0.2, 0.25) is 0 Å². The number of nitrogens with zero attached hydrogens (tertiary/aromatic N) is 1. The first-order valence-electron chi connectivity index (χ1n) is 6.61. The van der Waals surface area contributed by atoms with Crippen LogP contribution in [0.5, 0.6) is 0 Å². The summed E-state index contributed by atoms with van der Waals surface area (Å²) in [5, 5.41) is 0. The Morgan fingerprint density at radius 2 is 2.05 bits per heavy atom. The van der Waals surface area contributed by atoms with Crippen molar-refractivity contribution in [2.24, 2.45) is 11.8 Å². The molecule has 0 spiro atoms. The molecule has 1 aliphatic heterocycles. The molecule has 2 atom stereocenters. The molecular formula is C14H18FNO4S. The van der Waals surface area contributed by atoms with Gasteiger partial charge < -0.3 is 4.74 Å². The Kier molecular flexibility index (Phi) is 4.34. The monoisotopic (exact) mass is 315 g/mol. The van der Waals surface area contributed by atoms with Crippen LogP contribution < -0.4 is 0 Å². The van der Waals surface area contributed by atoms with E-state index in [4.69, 9.17) is 4.74 Å². The van der Waals surface area contributed by atoms with Crippen molar-refractivity contribution in [1.29, 1.82) is 0 Å². The summed E-state index contributed by atoms with van der Waals surface area (Å²) in [7, 11) is -2.53. The number of hydrogen-bond acceptors (Lipinski definition) is 4. The van der Waals surface area contributed by atoms with Crippen molar-refractivity contribution < 1.29 is 22.3 Å². The van der Waals surface area contributed by atoms with E-state index in [2.05, 4.69) is 0 Å². The molecule has 2 unspecified atom stereocenters. The van der Waals surface area contributed by atoms with Crippen molar-refractivity contribution in [3.63, 3.8) is 0 Å². The number of ether oxygens (including phenoxy) is 1. The average molecular weight is 315 g/mol. The van der Waals surface area contributed by atoms with Gasteiger partial charge in [-0.2, -0.15) is 4.31 Å². The number of benzene rings is 1. The molecule has 1 aliphatic rings. The SMILES string of the molecule is COC(=O)C1CN(S(=O)(=O)c2cc(F)ccc2C)CC1C. The minimum absolute atomic E-state index is 0.0554.